The van der Waals surface area contributed by atoms with Crippen molar-refractivity contribution in [1.82, 2.24) is 10.2 Å². The third kappa shape index (κ3) is 5.71. The molecule has 1 N–H and O–H groups in total. The van der Waals surface area contributed by atoms with E-state index in [2.05, 4.69) is 5.32 Å². The smallest absolute Gasteiger partial charge is 0.246 e. The molecule has 1 heterocycles. The lowest BCUT2D eigenvalue weighted by Crippen LogP contribution is -2.53. The minimum atomic E-state index is -1.04. The summed E-state index contributed by atoms with van der Waals surface area (Å²) in [5.41, 5.74) is 1.09. The summed E-state index contributed by atoms with van der Waals surface area (Å²) in [6.45, 7) is 5.60. The fourth-order valence-corrected chi connectivity index (χ4v) is 3.86. The molecule has 1 saturated carbocycles. The van der Waals surface area contributed by atoms with Crippen molar-refractivity contribution in [3.05, 3.63) is 54.1 Å². The van der Waals surface area contributed by atoms with Crippen molar-refractivity contribution < 1.29 is 18.7 Å². The monoisotopic (exact) mass is 414 g/mol. The number of allylic oxidation sites excluding steroid dienone is 3. The van der Waals surface area contributed by atoms with Gasteiger partial charge in [0.1, 0.15) is 11.9 Å². The van der Waals surface area contributed by atoms with Gasteiger partial charge >= 0.3 is 0 Å². The van der Waals surface area contributed by atoms with Gasteiger partial charge in [0.2, 0.25) is 11.8 Å². The van der Waals surface area contributed by atoms with Crippen LogP contribution < -0.4 is 10.1 Å². The van der Waals surface area contributed by atoms with Crippen LogP contribution in [0.25, 0.3) is 0 Å². The Morgan fingerprint density at radius 1 is 1.23 bits per heavy atom. The molecule has 6 heteroatoms. The summed E-state index contributed by atoms with van der Waals surface area (Å²) < 4.78 is 18.9. The zero-order chi connectivity index (χ0) is 21.5. The molecular weight excluding hydrogens is 383 g/mol. The van der Waals surface area contributed by atoms with E-state index in [1.165, 1.54) is 0 Å². The molecule has 0 spiro atoms. The highest BCUT2D eigenvalue weighted by Crippen LogP contribution is 2.35. The van der Waals surface area contributed by atoms with Crippen LogP contribution in [0.5, 0.6) is 5.75 Å². The lowest BCUT2D eigenvalue weighted by atomic mass is 9.85. The Morgan fingerprint density at radius 2 is 1.97 bits per heavy atom. The number of likely N-dealkylation sites (tertiary alicyclic amines) is 1. The van der Waals surface area contributed by atoms with Crippen molar-refractivity contribution >= 4 is 11.8 Å². The molecule has 1 aromatic carbocycles. The Balaban J connectivity index is 1.71. The molecule has 0 aromatic heterocycles. The van der Waals surface area contributed by atoms with Gasteiger partial charge < -0.3 is 15.0 Å². The minimum Gasteiger partial charge on any atom is -0.494 e. The topological polar surface area (TPSA) is 58.6 Å². The Hall–Kier alpha value is -2.63. The first-order chi connectivity index (χ1) is 14.5. The van der Waals surface area contributed by atoms with Gasteiger partial charge in [-0.3, -0.25) is 9.59 Å². The number of rotatable bonds is 8. The molecule has 162 valence electrons. The maximum absolute atomic E-state index is 13.4. The summed E-state index contributed by atoms with van der Waals surface area (Å²) in [4.78, 5) is 26.7. The Kier molecular flexibility index (Phi) is 7.66. The molecule has 0 unspecified atom stereocenters. The van der Waals surface area contributed by atoms with Crippen LogP contribution in [-0.2, 0) is 9.59 Å². The minimum absolute atomic E-state index is 0.0643. The van der Waals surface area contributed by atoms with Crippen LogP contribution in [0.4, 0.5) is 4.39 Å². The first kappa shape index (κ1) is 22.1. The number of piperidine rings is 1. The Bertz CT molecular complexity index is 790. The number of hydrogen-bond donors (Lipinski definition) is 1. The number of alkyl halides is 1. The second-order valence-electron chi connectivity index (χ2n) is 7.85. The largest absolute Gasteiger partial charge is 0.494 e. The van der Waals surface area contributed by atoms with Crippen molar-refractivity contribution in [2.24, 2.45) is 5.92 Å². The molecule has 1 saturated heterocycles. The van der Waals surface area contributed by atoms with Crippen LogP contribution in [0.3, 0.4) is 0 Å². The normalized spacial score (nSPS) is 26.2. The molecule has 2 fully saturated rings. The summed E-state index contributed by atoms with van der Waals surface area (Å²) in [6.07, 6.45) is 8.04. The molecule has 30 heavy (non-hydrogen) atoms. The number of hydrogen-bond acceptors (Lipinski definition) is 3. The van der Waals surface area contributed by atoms with E-state index in [9.17, 15) is 14.0 Å². The van der Waals surface area contributed by atoms with Gasteiger partial charge in [-0.15, -0.1) is 0 Å². The highest BCUT2D eigenvalue weighted by molar-refractivity contribution is 5.88. The first-order valence-electron chi connectivity index (χ1n) is 10.8. The lowest BCUT2D eigenvalue weighted by molar-refractivity contribution is -0.130. The molecular formula is C24H31FN2O3. The molecule has 3 rings (SSSR count). The van der Waals surface area contributed by atoms with E-state index in [1.807, 2.05) is 50.3 Å². The average molecular weight is 415 g/mol. The summed E-state index contributed by atoms with van der Waals surface area (Å²) in [5.74, 6) is -0.00217. The van der Waals surface area contributed by atoms with Gasteiger partial charge in [0.15, 0.2) is 0 Å². The van der Waals surface area contributed by atoms with E-state index in [0.29, 0.717) is 26.1 Å². The lowest BCUT2D eigenvalue weighted by Gasteiger charge is -2.39. The Morgan fingerprint density at radius 3 is 2.60 bits per heavy atom. The van der Waals surface area contributed by atoms with Gasteiger partial charge in [-0.25, -0.2) is 4.39 Å². The SMILES string of the molecule is CC/C=C/C=C/C(=O)N1CC[C@@H](c2ccc(OCC)cc2)[C@@H](NC(=O)[C@H]2C[C@H]2F)C1. The van der Waals surface area contributed by atoms with Crippen LogP contribution >= 0.6 is 0 Å². The predicted molar refractivity (Wildman–Crippen MR) is 115 cm³/mol. The molecule has 1 aromatic rings. The maximum Gasteiger partial charge on any atom is 0.246 e. The van der Waals surface area contributed by atoms with E-state index >= 15 is 0 Å². The number of amides is 2. The summed E-state index contributed by atoms with van der Waals surface area (Å²) in [6, 6.07) is 7.63. The molecule has 2 aliphatic rings. The number of halogens is 1. The van der Waals surface area contributed by atoms with Gasteiger partial charge in [0.05, 0.1) is 18.6 Å². The van der Waals surface area contributed by atoms with Gasteiger partial charge in [0, 0.05) is 25.1 Å². The quantitative estimate of drug-likeness (QED) is 0.520. The van der Waals surface area contributed by atoms with Gasteiger partial charge in [-0.2, -0.15) is 0 Å². The van der Waals surface area contributed by atoms with Gasteiger partial charge in [-0.05, 0) is 43.9 Å². The summed E-state index contributed by atoms with van der Waals surface area (Å²) in [5, 5.41) is 3.02. The molecule has 1 aliphatic heterocycles. The highest BCUT2D eigenvalue weighted by Gasteiger charge is 2.45. The van der Waals surface area contributed by atoms with Crippen molar-refractivity contribution in [1.29, 1.82) is 0 Å². The summed E-state index contributed by atoms with van der Waals surface area (Å²) >= 11 is 0. The maximum atomic E-state index is 13.4. The fourth-order valence-electron chi connectivity index (χ4n) is 3.86. The van der Waals surface area contributed by atoms with Crippen LogP contribution in [-0.4, -0.2) is 48.6 Å². The van der Waals surface area contributed by atoms with Crippen molar-refractivity contribution in [3.63, 3.8) is 0 Å². The second kappa shape index (κ2) is 10.4. The number of nitrogens with zero attached hydrogens (tertiary/aromatic N) is 1. The zero-order valence-corrected chi connectivity index (χ0v) is 17.7. The van der Waals surface area contributed by atoms with Gasteiger partial charge in [0.25, 0.3) is 0 Å². The third-order valence-corrected chi connectivity index (χ3v) is 5.64. The summed E-state index contributed by atoms with van der Waals surface area (Å²) in [7, 11) is 0. The molecule has 1 aliphatic carbocycles. The van der Waals surface area contributed by atoms with Crippen molar-refractivity contribution in [2.45, 2.75) is 51.2 Å². The molecule has 5 nitrogen and oxygen atoms in total. The molecule has 4 atom stereocenters. The number of ether oxygens (including phenoxy) is 1. The zero-order valence-electron chi connectivity index (χ0n) is 17.7. The standard InChI is InChI=1S/C24H31FN2O3/c1-3-5-6-7-8-23(28)27-14-13-19(17-9-11-18(12-10-17)30-4-2)22(16-27)26-24(29)20-15-21(20)25/h5-12,19-22H,3-4,13-16H2,1-2H3,(H,26,29)/b6-5+,8-7+/t19-,20-,21+,22-/m0/s1. The predicted octanol–water partition coefficient (Wildman–Crippen LogP) is 3.77. The molecule has 2 amide bonds. The van der Waals surface area contributed by atoms with E-state index in [0.717, 1.165) is 24.2 Å². The number of carbonyl (C=O) groups excluding carboxylic acids is 2. The second-order valence-corrected chi connectivity index (χ2v) is 7.85. The van der Waals surface area contributed by atoms with Crippen molar-refractivity contribution in [3.8, 4) is 5.75 Å². The average Bonchev–Trinajstić information content (AvgIpc) is 3.49. The third-order valence-electron chi connectivity index (χ3n) is 5.64. The van der Waals surface area contributed by atoms with Crippen molar-refractivity contribution in [2.75, 3.05) is 19.7 Å². The van der Waals surface area contributed by atoms with E-state index in [1.54, 1.807) is 17.1 Å². The Labute approximate surface area is 178 Å². The van der Waals surface area contributed by atoms with Gasteiger partial charge in [-0.1, -0.05) is 37.3 Å². The number of carbonyl (C=O) groups is 2. The number of benzene rings is 1. The van der Waals surface area contributed by atoms with Crippen LogP contribution in [0.2, 0.25) is 0 Å². The van der Waals surface area contributed by atoms with E-state index < -0.39 is 12.1 Å². The molecule has 0 bridgehead atoms. The highest BCUT2D eigenvalue weighted by atomic mass is 19.1. The fraction of sp³-hybridized carbons (Fsp3) is 0.500. The van der Waals surface area contributed by atoms with Crippen LogP contribution in [0.15, 0.2) is 48.6 Å². The number of nitrogens with one attached hydrogen (secondary N) is 1. The van der Waals surface area contributed by atoms with Crippen LogP contribution in [0, 0.1) is 5.92 Å². The first-order valence-corrected chi connectivity index (χ1v) is 10.8. The van der Waals surface area contributed by atoms with E-state index in [-0.39, 0.29) is 23.8 Å². The van der Waals surface area contributed by atoms with Crippen LogP contribution in [0.1, 0.15) is 44.6 Å². The molecule has 0 radical (unpaired) electrons. The van der Waals surface area contributed by atoms with E-state index in [4.69, 9.17) is 4.74 Å².